The quantitative estimate of drug-likeness (QED) is 0.460. The van der Waals surface area contributed by atoms with Crippen molar-refractivity contribution in [1.29, 1.82) is 0 Å². The van der Waals surface area contributed by atoms with Gasteiger partial charge in [-0.05, 0) is 25.8 Å². The Morgan fingerprint density at radius 2 is 2.22 bits per heavy atom. The number of para-hydroxylation sites is 1. The average molecular weight is 393 g/mol. The lowest BCUT2D eigenvalue weighted by atomic mass is 10.1. The van der Waals surface area contributed by atoms with Crippen molar-refractivity contribution in [2.24, 2.45) is 0 Å². The number of hydrogen-bond donors (Lipinski definition) is 1. The Morgan fingerprint density at radius 1 is 1.48 bits per heavy atom. The van der Waals surface area contributed by atoms with Gasteiger partial charge in [-0.1, -0.05) is 12.1 Å². The highest BCUT2D eigenvalue weighted by atomic mass is 32.2. The summed E-state index contributed by atoms with van der Waals surface area (Å²) < 4.78 is 5.07. The van der Waals surface area contributed by atoms with Gasteiger partial charge < -0.3 is 15.0 Å². The third kappa shape index (κ3) is 3.61. The van der Waals surface area contributed by atoms with Crippen LogP contribution in [0.5, 0.6) is 0 Å². The summed E-state index contributed by atoms with van der Waals surface area (Å²) in [6.07, 6.45) is 1.07. The Kier molecular flexibility index (Phi) is 5.09. The fourth-order valence-electron chi connectivity index (χ4n) is 3.37. The number of esters is 1. The maximum atomic E-state index is 12.4. The number of rotatable bonds is 5. The first kappa shape index (κ1) is 19.2. The molecule has 1 N–H and O–H groups in total. The third-order valence-electron chi connectivity index (χ3n) is 4.77. The number of aryl methyl sites for hydroxylation is 1. The van der Waals surface area contributed by atoms with Crippen molar-refractivity contribution in [3.63, 3.8) is 0 Å². The molecule has 1 aromatic rings. The highest BCUT2D eigenvalue weighted by Gasteiger charge is 2.53. The van der Waals surface area contributed by atoms with Crippen molar-refractivity contribution < 1.29 is 24.0 Å². The fraction of sp³-hybridized carbons (Fsp3) is 0.471. The van der Waals surface area contributed by atoms with E-state index in [1.165, 1.54) is 23.9 Å². The lowest BCUT2D eigenvalue weighted by molar-refractivity contribution is -0.384. The number of nitro groups is 1. The summed E-state index contributed by atoms with van der Waals surface area (Å²) >= 11 is 1.53. The van der Waals surface area contributed by atoms with Crippen LogP contribution in [-0.4, -0.2) is 50.9 Å². The summed E-state index contributed by atoms with van der Waals surface area (Å²) in [6, 6.07) is 3.72. The molecule has 0 saturated carbocycles. The molecule has 10 heteroatoms. The van der Waals surface area contributed by atoms with Crippen molar-refractivity contribution in [2.45, 2.75) is 37.6 Å². The Morgan fingerprint density at radius 3 is 2.93 bits per heavy atom. The largest absolute Gasteiger partial charge is 0.454 e. The number of carbonyl (C=O) groups is 3. The molecule has 0 bridgehead atoms. The van der Waals surface area contributed by atoms with E-state index in [2.05, 4.69) is 5.32 Å². The molecule has 1 aromatic carbocycles. The van der Waals surface area contributed by atoms with E-state index in [1.807, 2.05) is 6.92 Å². The van der Waals surface area contributed by atoms with Crippen LogP contribution in [0.4, 0.5) is 11.4 Å². The SMILES string of the molecule is Cc1cccc([N+](=O)[O-])c1NC(=O)COC(=O)[C@@H]1CS[C@@]2(C)CCC(=O)N12. The fourth-order valence-corrected chi connectivity index (χ4v) is 4.79. The second kappa shape index (κ2) is 7.18. The van der Waals surface area contributed by atoms with Gasteiger partial charge in [0, 0.05) is 18.2 Å². The molecule has 2 aliphatic heterocycles. The van der Waals surface area contributed by atoms with Gasteiger partial charge >= 0.3 is 5.97 Å². The molecule has 0 unspecified atom stereocenters. The summed E-state index contributed by atoms with van der Waals surface area (Å²) in [4.78, 5) is 48.2. The highest BCUT2D eigenvalue weighted by Crippen LogP contribution is 2.47. The van der Waals surface area contributed by atoms with Gasteiger partial charge in [-0.15, -0.1) is 11.8 Å². The normalized spacial score (nSPS) is 23.9. The summed E-state index contributed by atoms with van der Waals surface area (Å²) in [5.74, 6) is -0.992. The summed E-state index contributed by atoms with van der Waals surface area (Å²) in [5.41, 5.74) is 0.358. The average Bonchev–Trinajstić information content (AvgIpc) is 3.10. The minimum atomic E-state index is -0.712. The van der Waals surface area contributed by atoms with E-state index < -0.39 is 34.3 Å². The van der Waals surface area contributed by atoms with E-state index in [4.69, 9.17) is 4.74 Å². The van der Waals surface area contributed by atoms with Crippen LogP contribution in [0.3, 0.4) is 0 Å². The van der Waals surface area contributed by atoms with E-state index in [0.717, 1.165) is 0 Å². The first-order valence-electron chi connectivity index (χ1n) is 8.39. The summed E-state index contributed by atoms with van der Waals surface area (Å²) in [7, 11) is 0. The Hall–Kier alpha value is -2.62. The number of nitrogens with one attached hydrogen (secondary N) is 1. The molecule has 2 heterocycles. The van der Waals surface area contributed by atoms with Crippen molar-refractivity contribution in [3.05, 3.63) is 33.9 Å². The van der Waals surface area contributed by atoms with E-state index in [9.17, 15) is 24.5 Å². The number of hydrogen-bond acceptors (Lipinski definition) is 7. The second-order valence-corrected chi connectivity index (χ2v) is 8.15. The number of nitrogens with zero attached hydrogens (tertiary/aromatic N) is 2. The van der Waals surface area contributed by atoms with Crippen LogP contribution in [0.25, 0.3) is 0 Å². The van der Waals surface area contributed by atoms with Gasteiger partial charge in [0.2, 0.25) is 5.91 Å². The number of thioether (sulfide) groups is 1. The third-order valence-corrected chi connectivity index (χ3v) is 6.28. The van der Waals surface area contributed by atoms with Crippen LogP contribution in [-0.2, 0) is 19.1 Å². The van der Waals surface area contributed by atoms with Crippen molar-refractivity contribution in [3.8, 4) is 0 Å². The van der Waals surface area contributed by atoms with E-state index in [-0.39, 0.29) is 17.3 Å². The van der Waals surface area contributed by atoms with E-state index in [1.54, 1.807) is 17.9 Å². The zero-order chi connectivity index (χ0) is 19.8. The smallest absolute Gasteiger partial charge is 0.330 e. The van der Waals surface area contributed by atoms with E-state index >= 15 is 0 Å². The van der Waals surface area contributed by atoms with Gasteiger partial charge in [-0.25, -0.2) is 4.79 Å². The van der Waals surface area contributed by atoms with Crippen LogP contribution < -0.4 is 5.32 Å². The molecular weight excluding hydrogens is 374 g/mol. The zero-order valence-electron chi connectivity index (χ0n) is 14.9. The van der Waals surface area contributed by atoms with Crippen LogP contribution in [0.1, 0.15) is 25.3 Å². The lowest BCUT2D eigenvalue weighted by Gasteiger charge is -2.29. The number of fused-ring (bicyclic) bond motifs is 1. The lowest BCUT2D eigenvalue weighted by Crippen LogP contribution is -2.47. The standard InChI is InChI=1S/C17H19N3O6S/c1-10-4-3-5-11(20(24)25)15(10)18-13(21)8-26-16(23)12-9-27-17(2)7-6-14(22)19(12)17/h3-5,12H,6-9H2,1-2H3,(H,18,21)/t12-,17-/m0/s1. The van der Waals surface area contributed by atoms with Crippen LogP contribution in [0.15, 0.2) is 18.2 Å². The molecule has 2 saturated heterocycles. The Labute approximate surface area is 159 Å². The second-order valence-electron chi connectivity index (χ2n) is 6.65. The van der Waals surface area contributed by atoms with Gasteiger partial charge in [0.1, 0.15) is 11.7 Å². The first-order chi connectivity index (χ1) is 12.7. The predicted molar refractivity (Wildman–Crippen MR) is 98.2 cm³/mol. The molecule has 27 heavy (non-hydrogen) atoms. The van der Waals surface area contributed by atoms with Gasteiger partial charge in [0.05, 0.1) is 9.79 Å². The molecule has 2 atom stereocenters. The molecule has 0 aliphatic carbocycles. The van der Waals surface area contributed by atoms with Gasteiger partial charge in [-0.2, -0.15) is 0 Å². The number of ether oxygens (including phenoxy) is 1. The van der Waals surface area contributed by atoms with Crippen molar-refractivity contribution in [2.75, 3.05) is 17.7 Å². The number of benzene rings is 1. The Bertz CT molecular complexity index is 829. The molecule has 2 aliphatic rings. The molecule has 2 amide bonds. The minimum Gasteiger partial charge on any atom is -0.454 e. The molecule has 0 aromatic heterocycles. The number of amides is 2. The first-order valence-corrected chi connectivity index (χ1v) is 9.38. The zero-order valence-corrected chi connectivity index (χ0v) is 15.7. The molecule has 144 valence electrons. The van der Waals surface area contributed by atoms with Gasteiger partial charge in [0.25, 0.3) is 11.6 Å². The molecule has 0 radical (unpaired) electrons. The predicted octanol–water partition coefficient (Wildman–Crippen LogP) is 1.84. The number of anilines is 1. The monoisotopic (exact) mass is 393 g/mol. The molecule has 0 spiro atoms. The van der Waals surface area contributed by atoms with Crippen LogP contribution in [0.2, 0.25) is 0 Å². The topological polar surface area (TPSA) is 119 Å². The summed E-state index contributed by atoms with van der Waals surface area (Å²) in [6.45, 7) is 2.97. The highest BCUT2D eigenvalue weighted by molar-refractivity contribution is 8.01. The van der Waals surface area contributed by atoms with Crippen molar-refractivity contribution in [1.82, 2.24) is 4.90 Å². The number of carbonyl (C=O) groups excluding carboxylic acids is 3. The number of nitro benzene ring substituents is 1. The maximum Gasteiger partial charge on any atom is 0.330 e. The minimum absolute atomic E-state index is 0.0715. The van der Waals surface area contributed by atoms with Crippen LogP contribution >= 0.6 is 11.8 Å². The van der Waals surface area contributed by atoms with Crippen molar-refractivity contribution >= 4 is 40.9 Å². The molecular formula is C17H19N3O6S. The molecule has 2 fully saturated rings. The van der Waals surface area contributed by atoms with Gasteiger partial charge in [-0.3, -0.25) is 19.7 Å². The Balaban J connectivity index is 1.61. The van der Waals surface area contributed by atoms with Crippen LogP contribution in [0, 0.1) is 17.0 Å². The maximum absolute atomic E-state index is 12.4. The van der Waals surface area contributed by atoms with Gasteiger partial charge in [0.15, 0.2) is 6.61 Å². The molecule has 9 nitrogen and oxygen atoms in total. The summed E-state index contributed by atoms with van der Waals surface area (Å²) in [5, 5.41) is 13.5. The molecule has 3 rings (SSSR count). The van der Waals surface area contributed by atoms with E-state index in [0.29, 0.717) is 24.2 Å².